The van der Waals surface area contributed by atoms with Crippen LogP contribution in [0.1, 0.15) is 18.9 Å². The van der Waals surface area contributed by atoms with E-state index in [1.54, 1.807) is 24.3 Å². The lowest BCUT2D eigenvalue weighted by Gasteiger charge is -2.15. The van der Waals surface area contributed by atoms with Crippen LogP contribution in [0.4, 0.5) is 5.82 Å². The molecule has 0 atom stereocenters. The van der Waals surface area contributed by atoms with E-state index in [2.05, 4.69) is 18.3 Å². The van der Waals surface area contributed by atoms with E-state index in [0.717, 1.165) is 29.7 Å². The number of nitrogens with zero attached hydrogens (tertiary/aromatic N) is 2. The summed E-state index contributed by atoms with van der Waals surface area (Å²) in [7, 11) is 0. The third-order valence-corrected chi connectivity index (χ3v) is 4.83. The van der Waals surface area contributed by atoms with Crippen molar-refractivity contribution in [2.24, 2.45) is 0 Å². The largest absolute Gasteiger partial charge is 0.369 e. The highest BCUT2D eigenvalue weighted by atomic mass is 35.5. The monoisotopic (exact) mass is 415 g/mol. The van der Waals surface area contributed by atoms with Crippen LogP contribution in [0, 0.1) is 11.3 Å². The van der Waals surface area contributed by atoms with Gasteiger partial charge in [0.15, 0.2) is 0 Å². The molecule has 2 aromatic carbocycles. The molecular weight excluding hydrogens is 401 g/mol. The van der Waals surface area contributed by atoms with Gasteiger partial charge in [-0.25, -0.2) is 4.98 Å². The maximum atomic E-state index is 9.59. The van der Waals surface area contributed by atoms with E-state index in [1.807, 2.05) is 24.3 Å². The normalized spacial score (nSPS) is 10.5. The Morgan fingerprint density at radius 1 is 0.963 bits per heavy atom. The number of benzene rings is 2. The van der Waals surface area contributed by atoms with E-state index in [0.29, 0.717) is 32.1 Å². The lowest BCUT2D eigenvalue weighted by Crippen LogP contribution is -2.06. The van der Waals surface area contributed by atoms with Crippen LogP contribution in [0.15, 0.2) is 48.5 Å². The van der Waals surface area contributed by atoms with Gasteiger partial charge >= 0.3 is 0 Å². The predicted molar refractivity (Wildman–Crippen MR) is 114 cm³/mol. The first-order valence-corrected chi connectivity index (χ1v) is 9.57. The lowest BCUT2D eigenvalue weighted by atomic mass is 9.97. The van der Waals surface area contributed by atoms with Gasteiger partial charge in [-0.2, -0.15) is 5.26 Å². The molecule has 0 bridgehead atoms. The van der Waals surface area contributed by atoms with Crippen molar-refractivity contribution in [1.29, 1.82) is 5.26 Å². The third-order valence-electron chi connectivity index (χ3n) is 4.03. The van der Waals surface area contributed by atoms with E-state index in [-0.39, 0.29) is 0 Å². The van der Waals surface area contributed by atoms with Crippen molar-refractivity contribution in [1.82, 2.24) is 4.98 Å². The molecule has 1 N–H and O–H groups in total. The summed E-state index contributed by atoms with van der Waals surface area (Å²) in [6, 6.07) is 16.7. The minimum atomic E-state index is 0.474. The highest BCUT2D eigenvalue weighted by molar-refractivity contribution is 6.36. The highest BCUT2D eigenvalue weighted by Crippen LogP contribution is 2.38. The van der Waals surface area contributed by atoms with E-state index >= 15 is 0 Å². The molecule has 0 saturated carbocycles. The van der Waals surface area contributed by atoms with E-state index in [1.165, 1.54) is 0 Å². The Hall–Kier alpha value is -2.25. The zero-order valence-electron chi connectivity index (χ0n) is 14.6. The zero-order valence-corrected chi connectivity index (χ0v) is 16.8. The molecule has 3 aromatic rings. The molecule has 0 amide bonds. The molecule has 0 radical (unpaired) electrons. The quantitative estimate of drug-likeness (QED) is 0.484. The minimum absolute atomic E-state index is 0.474. The fourth-order valence-electron chi connectivity index (χ4n) is 2.71. The summed E-state index contributed by atoms with van der Waals surface area (Å²) >= 11 is 18.5. The van der Waals surface area contributed by atoms with Gasteiger partial charge in [0.05, 0.1) is 16.3 Å². The number of aromatic nitrogens is 1. The summed E-state index contributed by atoms with van der Waals surface area (Å²) in [5.41, 5.74) is 3.59. The summed E-state index contributed by atoms with van der Waals surface area (Å²) in [4.78, 5) is 4.75. The first kappa shape index (κ1) is 19.5. The zero-order chi connectivity index (χ0) is 19.4. The van der Waals surface area contributed by atoms with Crippen LogP contribution in [0.5, 0.6) is 0 Å². The topological polar surface area (TPSA) is 48.7 Å². The van der Waals surface area contributed by atoms with Gasteiger partial charge < -0.3 is 5.32 Å². The van der Waals surface area contributed by atoms with Gasteiger partial charge in [-0.1, -0.05) is 53.9 Å². The van der Waals surface area contributed by atoms with Crippen molar-refractivity contribution < 1.29 is 0 Å². The van der Waals surface area contributed by atoms with Gasteiger partial charge in [0.2, 0.25) is 0 Å². The van der Waals surface area contributed by atoms with Crippen LogP contribution in [0.2, 0.25) is 15.1 Å². The maximum absolute atomic E-state index is 9.59. The molecule has 0 spiro atoms. The molecule has 0 fully saturated rings. The highest BCUT2D eigenvalue weighted by Gasteiger charge is 2.17. The van der Waals surface area contributed by atoms with Crippen molar-refractivity contribution in [3.8, 4) is 28.5 Å². The molecular formula is C21H16Cl3N3. The number of pyridine rings is 1. The van der Waals surface area contributed by atoms with Gasteiger partial charge in [0, 0.05) is 27.7 Å². The molecule has 3 nitrogen and oxygen atoms in total. The number of anilines is 1. The molecule has 1 heterocycles. The number of nitrogens with one attached hydrogen (secondary N) is 1. The number of hydrogen-bond acceptors (Lipinski definition) is 3. The van der Waals surface area contributed by atoms with Crippen molar-refractivity contribution in [2.45, 2.75) is 13.3 Å². The average molecular weight is 417 g/mol. The maximum Gasteiger partial charge on any atom is 0.144 e. The Morgan fingerprint density at radius 3 is 2.30 bits per heavy atom. The summed E-state index contributed by atoms with van der Waals surface area (Å²) in [6.07, 6.45) is 0.919. The molecule has 3 rings (SSSR count). The summed E-state index contributed by atoms with van der Waals surface area (Å²) in [5.74, 6) is 0.540. The van der Waals surface area contributed by atoms with Crippen LogP contribution >= 0.6 is 34.8 Å². The molecule has 0 aliphatic carbocycles. The first-order chi connectivity index (χ1) is 13.0. The van der Waals surface area contributed by atoms with Crippen molar-refractivity contribution in [2.75, 3.05) is 11.9 Å². The Bertz CT molecular complexity index is 1010. The van der Waals surface area contributed by atoms with Crippen LogP contribution in [-0.2, 0) is 0 Å². The second kappa shape index (κ2) is 8.63. The van der Waals surface area contributed by atoms with Crippen molar-refractivity contribution >= 4 is 40.6 Å². The molecule has 136 valence electrons. The second-order valence-electron chi connectivity index (χ2n) is 5.95. The summed E-state index contributed by atoms with van der Waals surface area (Å²) in [5, 5.41) is 14.5. The molecule has 0 aliphatic heterocycles. The standard InChI is InChI=1S/C21H16Cl3N3/c1-2-9-26-21-14(12-25)10-18(13-3-5-15(22)6-4-13)20(27-21)17-8-7-16(23)11-19(17)24/h3-8,10-11H,2,9H2,1H3,(H,26,27). The fraction of sp³-hybridized carbons (Fsp3) is 0.143. The molecule has 0 aliphatic rings. The number of hydrogen-bond donors (Lipinski definition) is 1. The summed E-state index contributed by atoms with van der Waals surface area (Å²) in [6.45, 7) is 2.77. The van der Waals surface area contributed by atoms with Gasteiger partial charge in [0.1, 0.15) is 11.9 Å². The Kier molecular flexibility index (Phi) is 6.23. The Labute approximate surface area is 173 Å². The smallest absolute Gasteiger partial charge is 0.144 e. The van der Waals surface area contributed by atoms with E-state index in [4.69, 9.17) is 39.8 Å². The van der Waals surface area contributed by atoms with Crippen LogP contribution in [0.25, 0.3) is 22.4 Å². The van der Waals surface area contributed by atoms with E-state index < -0.39 is 0 Å². The fourth-order valence-corrected chi connectivity index (χ4v) is 3.34. The minimum Gasteiger partial charge on any atom is -0.369 e. The van der Waals surface area contributed by atoms with Gasteiger partial charge in [-0.3, -0.25) is 0 Å². The Morgan fingerprint density at radius 2 is 1.67 bits per heavy atom. The molecule has 27 heavy (non-hydrogen) atoms. The van der Waals surface area contributed by atoms with Crippen LogP contribution in [-0.4, -0.2) is 11.5 Å². The summed E-state index contributed by atoms with van der Waals surface area (Å²) < 4.78 is 0. The molecule has 1 aromatic heterocycles. The first-order valence-electron chi connectivity index (χ1n) is 8.44. The number of halogens is 3. The molecule has 6 heteroatoms. The molecule has 0 unspecified atom stereocenters. The van der Waals surface area contributed by atoms with Gasteiger partial charge in [-0.15, -0.1) is 0 Å². The SMILES string of the molecule is CCCNc1nc(-c2ccc(Cl)cc2Cl)c(-c2ccc(Cl)cc2)cc1C#N. The predicted octanol–water partition coefficient (Wildman–Crippen LogP) is 7.07. The third kappa shape index (κ3) is 4.36. The Balaban J connectivity index is 2.26. The van der Waals surface area contributed by atoms with Crippen molar-refractivity contribution in [3.63, 3.8) is 0 Å². The van der Waals surface area contributed by atoms with E-state index in [9.17, 15) is 5.26 Å². The number of nitriles is 1. The molecule has 0 saturated heterocycles. The van der Waals surface area contributed by atoms with Gasteiger partial charge in [0.25, 0.3) is 0 Å². The van der Waals surface area contributed by atoms with Crippen molar-refractivity contribution in [3.05, 3.63) is 69.2 Å². The average Bonchev–Trinajstić information content (AvgIpc) is 2.66. The second-order valence-corrected chi connectivity index (χ2v) is 7.23. The lowest BCUT2D eigenvalue weighted by molar-refractivity contribution is 0.968. The van der Waals surface area contributed by atoms with Crippen LogP contribution in [0.3, 0.4) is 0 Å². The van der Waals surface area contributed by atoms with Crippen LogP contribution < -0.4 is 5.32 Å². The van der Waals surface area contributed by atoms with Gasteiger partial charge in [-0.05, 0) is 48.4 Å². The number of rotatable bonds is 5.